The van der Waals surface area contributed by atoms with E-state index in [0.29, 0.717) is 30.3 Å². The van der Waals surface area contributed by atoms with Crippen LogP contribution in [-0.2, 0) is 16.6 Å². The SMILES string of the molecule is CCC1CCC2(CC1)NC(=O)N(CC(=O)NC(c1cccc(OC)c1)c1nccn1C)C2=O. The van der Waals surface area contributed by atoms with Crippen LogP contribution in [0, 0.1) is 5.92 Å². The monoisotopic (exact) mass is 453 g/mol. The van der Waals surface area contributed by atoms with Gasteiger partial charge < -0.3 is 19.9 Å². The van der Waals surface area contributed by atoms with Gasteiger partial charge in [0.15, 0.2) is 0 Å². The molecule has 2 fully saturated rings. The molecule has 33 heavy (non-hydrogen) atoms. The Hall–Kier alpha value is -3.36. The number of imide groups is 1. The van der Waals surface area contributed by atoms with E-state index in [9.17, 15) is 14.4 Å². The molecule has 9 nitrogen and oxygen atoms in total. The van der Waals surface area contributed by atoms with E-state index >= 15 is 0 Å². The molecular weight excluding hydrogens is 422 g/mol. The lowest BCUT2D eigenvalue weighted by Crippen LogP contribution is -2.50. The number of methoxy groups -OCH3 is 1. The molecule has 1 aliphatic heterocycles. The van der Waals surface area contributed by atoms with Crippen molar-refractivity contribution in [2.45, 2.75) is 50.6 Å². The van der Waals surface area contributed by atoms with Crippen molar-refractivity contribution < 1.29 is 19.1 Å². The zero-order valence-electron chi connectivity index (χ0n) is 19.3. The number of carbonyl (C=O) groups excluding carboxylic acids is 3. The highest BCUT2D eigenvalue weighted by molar-refractivity contribution is 6.09. The van der Waals surface area contributed by atoms with Crippen molar-refractivity contribution >= 4 is 17.8 Å². The first kappa shape index (κ1) is 22.8. The number of hydrogen-bond acceptors (Lipinski definition) is 5. The number of ether oxygens (including phenoxy) is 1. The number of nitrogens with zero attached hydrogens (tertiary/aromatic N) is 3. The van der Waals surface area contributed by atoms with Crippen molar-refractivity contribution in [2.24, 2.45) is 13.0 Å². The predicted molar refractivity (Wildman–Crippen MR) is 121 cm³/mol. The largest absolute Gasteiger partial charge is 0.497 e. The fourth-order valence-corrected chi connectivity index (χ4v) is 4.86. The standard InChI is InChI=1S/C24H31N5O4/c1-4-16-8-10-24(11-9-16)22(31)29(23(32)27-24)15-19(30)26-20(21-25-12-13-28(21)2)17-6-5-7-18(14-17)33-3/h5-7,12-14,16,20H,4,8-11,15H2,1-3H3,(H,26,30)(H,27,32). The highest BCUT2D eigenvalue weighted by Crippen LogP contribution is 2.37. The number of nitrogens with one attached hydrogen (secondary N) is 2. The summed E-state index contributed by atoms with van der Waals surface area (Å²) in [4.78, 5) is 44.3. The van der Waals surface area contributed by atoms with Crippen molar-refractivity contribution in [3.8, 4) is 5.75 Å². The molecule has 4 amide bonds. The Morgan fingerprint density at radius 3 is 2.73 bits per heavy atom. The highest BCUT2D eigenvalue weighted by Gasteiger charge is 2.52. The van der Waals surface area contributed by atoms with Gasteiger partial charge in [-0.3, -0.25) is 14.5 Å². The number of rotatable bonds is 7. The van der Waals surface area contributed by atoms with E-state index in [1.165, 1.54) is 0 Å². The molecule has 1 aliphatic carbocycles. The minimum atomic E-state index is -0.866. The third-order valence-electron chi connectivity index (χ3n) is 6.93. The van der Waals surface area contributed by atoms with E-state index in [2.05, 4.69) is 22.5 Å². The Morgan fingerprint density at radius 1 is 1.33 bits per heavy atom. The Labute approximate surface area is 193 Å². The molecule has 2 aliphatic rings. The maximum atomic E-state index is 13.2. The van der Waals surface area contributed by atoms with E-state index in [-0.39, 0.29) is 12.5 Å². The molecule has 1 unspecified atom stereocenters. The second-order valence-electron chi connectivity index (χ2n) is 8.93. The molecule has 1 spiro atoms. The van der Waals surface area contributed by atoms with Crippen LogP contribution in [0.5, 0.6) is 5.75 Å². The molecule has 1 atom stereocenters. The minimum absolute atomic E-state index is 0.299. The lowest BCUT2D eigenvalue weighted by Gasteiger charge is -2.34. The summed E-state index contributed by atoms with van der Waals surface area (Å²) in [6.07, 6.45) is 7.56. The van der Waals surface area contributed by atoms with Crippen LogP contribution in [0.3, 0.4) is 0 Å². The third-order valence-corrected chi connectivity index (χ3v) is 6.93. The van der Waals surface area contributed by atoms with Crippen molar-refractivity contribution in [1.29, 1.82) is 0 Å². The van der Waals surface area contributed by atoms with Gasteiger partial charge >= 0.3 is 6.03 Å². The quantitative estimate of drug-likeness (QED) is 0.627. The molecule has 176 valence electrons. The number of hydrogen-bond donors (Lipinski definition) is 2. The van der Waals surface area contributed by atoms with E-state index < -0.39 is 23.5 Å². The van der Waals surface area contributed by atoms with Crippen LogP contribution in [0.4, 0.5) is 4.79 Å². The Balaban J connectivity index is 1.50. The van der Waals surface area contributed by atoms with Crippen molar-refractivity contribution in [1.82, 2.24) is 25.1 Å². The molecule has 1 saturated heterocycles. The van der Waals surface area contributed by atoms with Gasteiger partial charge in [0.05, 0.1) is 7.11 Å². The first-order valence-electron chi connectivity index (χ1n) is 11.4. The van der Waals surface area contributed by atoms with Crippen LogP contribution in [-0.4, -0.2) is 51.5 Å². The second-order valence-corrected chi connectivity index (χ2v) is 8.93. The average molecular weight is 454 g/mol. The summed E-state index contributed by atoms with van der Waals surface area (Å²) in [6, 6.07) is 6.29. The maximum Gasteiger partial charge on any atom is 0.325 e. The predicted octanol–water partition coefficient (Wildman–Crippen LogP) is 2.53. The second kappa shape index (κ2) is 9.25. The van der Waals surface area contributed by atoms with Gasteiger partial charge in [-0.25, -0.2) is 9.78 Å². The summed E-state index contributed by atoms with van der Waals surface area (Å²) < 4.78 is 7.15. The number of aromatic nitrogens is 2. The van der Waals surface area contributed by atoms with Gasteiger partial charge in [-0.2, -0.15) is 0 Å². The smallest absolute Gasteiger partial charge is 0.325 e. The lowest BCUT2D eigenvalue weighted by molar-refractivity contribution is -0.136. The average Bonchev–Trinajstić information content (AvgIpc) is 3.34. The summed E-state index contributed by atoms with van der Waals surface area (Å²) >= 11 is 0. The summed E-state index contributed by atoms with van der Waals surface area (Å²) in [6.45, 7) is 1.81. The van der Waals surface area contributed by atoms with E-state index in [4.69, 9.17) is 4.74 Å². The van der Waals surface area contributed by atoms with Gasteiger partial charge in [0, 0.05) is 19.4 Å². The molecule has 2 heterocycles. The lowest BCUT2D eigenvalue weighted by atomic mass is 9.75. The van der Waals surface area contributed by atoms with Gasteiger partial charge in [0.2, 0.25) is 5.91 Å². The van der Waals surface area contributed by atoms with Crippen LogP contribution in [0.2, 0.25) is 0 Å². The highest BCUT2D eigenvalue weighted by atomic mass is 16.5. The van der Waals surface area contributed by atoms with E-state index in [0.717, 1.165) is 29.7 Å². The molecule has 1 saturated carbocycles. The molecule has 2 aromatic rings. The molecule has 0 bridgehead atoms. The third kappa shape index (κ3) is 4.44. The van der Waals surface area contributed by atoms with Gasteiger partial charge in [-0.05, 0) is 49.3 Å². The summed E-state index contributed by atoms with van der Waals surface area (Å²) in [7, 11) is 3.42. The van der Waals surface area contributed by atoms with Crippen LogP contribution >= 0.6 is 0 Å². The van der Waals surface area contributed by atoms with Crippen molar-refractivity contribution in [3.05, 3.63) is 48.0 Å². The van der Waals surface area contributed by atoms with Crippen molar-refractivity contribution in [2.75, 3.05) is 13.7 Å². The zero-order chi connectivity index (χ0) is 23.6. The maximum absolute atomic E-state index is 13.2. The topological polar surface area (TPSA) is 106 Å². The Morgan fingerprint density at radius 2 is 2.09 bits per heavy atom. The molecule has 1 aromatic carbocycles. The number of benzene rings is 1. The number of carbonyl (C=O) groups is 3. The summed E-state index contributed by atoms with van der Waals surface area (Å²) in [5.74, 6) is 1.13. The van der Waals surface area contributed by atoms with Gasteiger partial charge in [-0.1, -0.05) is 25.5 Å². The van der Waals surface area contributed by atoms with Crippen molar-refractivity contribution in [3.63, 3.8) is 0 Å². The van der Waals surface area contributed by atoms with E-state index in [1.807, 2.05) is 35.9 Å². The molecule has 9 heteroatoms. The van der Waals surface area contributed by atoms with Gasteiger partial charge in [-0.15, -0.1) is 0 Å². The van der Waals surface area contributed by atoms with Gasteiger partial charge in [0.25, 0.3) is 5.91 Å². The number of amides is 4. The first-order chi connectivity index (χ1) is 15.9. The molecule has 1 aromatic heterocycles. The van der Waals surface area contributed by atoms with Crippen LogP contribution in [0.15, 0.2) is 36.7 Å². The Bertz CT molecular complexity index is 1040. The number of imidazole rings is 1. The van der Waals surface area contributed by atoms with E-state index in [1.54, 1.807) is 19.5 Å². The number of urea groups is 1. The summed E-state index contributed by atoms with van der Waals surface area (Å²) in [5, 5.41) is 5.83. The summed E-state index contributed by atoms with van der Waals surface area (Å²) in [5.41, 5.74) is -0.0851. The van der Waals surface area contributed by atoms with Crippen LogP contribution in [0.1, 0.15) is 56.5 Å². The zero-order valence-corrected chi connectivity index (χ0v) is 19.3. The normalized spacial score (nSPS) is 23.5. The molecule has 4 rings (SSSR count). The fraction of sp³-hybridized carbons (Fsp3) is 0.500. The minimum Gasteiger partial charge on any atom is -0.497 e. The van der Waals surface area contributed by atoms with Crippen LogP contribution in [0.25, 0.3) is 0 Å². The van der Waals surface area contributed by atoms with Gasteiger partial charge in [0.1, 0.15) is 29.7 Å². The molecule has 2 N–H and O–H groups in total. The number of aryl methyl sites for hydroxylation is 1. The fourth-order valence-electron chi connectivity index (χ4n) is 4.86. The Kier molecular flexibility index (Phi) is 6.40. The molecular formula is C24H31N5O4. The van der Waals surface area contributed by atoms with Crippen LogP contribution < -0.4 is 15.4 Å². The molecule has 0 radical (unpaired) electrons. The first-order valence-corrected chi connectivity index (χ1v) is 11.4.